The molecule has 0 aliphatic heterocycles. The maximum atomic E-state index is 5.81. The van der Waals surface area contributed by atoms with E-state index in [1.54, 1.807) is 0 Å². The molecule has 0 bridgehead atoms. The first-order chi connectivity index (χ1) is 5.91. The van der Waals surface area contributed by atoms with Crippen molar-refractivity contribution in [1.82, 2.24) is 8.75 Å². The minimum Gasteiger partial charge on any atom is -0.364 e. The molecule has 0 saturated heterocycles. The first-order valence-corrected chi connectivity index (χ1v) is 5.26. The number of halogens is 1. The van der Waals surface area contributed by atoms with Gasteiger partial charge in [-0.1, -0.05) is 32.4 Å². The van der Waals surface area contributed by atoms with Gasteiger partial charge in [-0.3, -0.25) is 0 Å². The van der Waals surface area contributed by atoms with Gasteiger partial charge in [0, 0.05) is 6.04 Å². The van der Waals surface area contributed by atoms with E-state index in [9.17, 15) is 0 Å². The second kappa shape index (κ2) is 3.80. The molecule has 1 aromatic rings. The number of nitrogens with zero attached hydrogens (tertiary/aromatic N) is 2. The van der Waals surface area contributed by atoms with Crippen molar-refractivity contribution in [2.75, 3.05) is 5.32 Å². The molecule has 1 rings (SSSR count). The molecule has 74 valence electrons. The lowest BCUT2D eigenvalue weighted by molar-refractivity contribution is 0.359. The summed E-state index contributed by atoms with van der Waals surface area (Å²) in [5.41, 5.74) is 0.187. The Hall–Kier alpha value is -0.350. The molecule has 0 amide bonds. The van der Waals surface area contributed by atoms with Crippen LogP contribution in [0.1, 0.15) is 27.7 Å². The molecule has 1 unspecified atom stereocenters. The van der Waals surface area contributed by atoms with Gasteiger partial charge in [0.05, 0.1) is 11.7 Å². The second-order valence-corrected chi connectivity index (χ2v) is 5.02. The highest BCUT2D eigenvalue weighted by molar-refractivity contribution is 6.99. The summed E-state index contributed by atoms with van der Waals surface area (Å²) in [5, 5.41) is 3.69. The van der Waals surface area contributed by atoms with Crippen molar-refractivity contribution in [2.24, 2.45) is 5.41 Å². The standard InChI is InChI=1S/C8H14ClN3S/c1-5(8(2,3)4)10-7-6(9)11-13-12-7/h5H,1-4H3,(H,10,12). The van der Waals surface area contributed by atoms with Gasteiger partial charge in [-0.15, -0.1) is 0 Å². The zero-order valence-electron chi connectivity index (χ0n) is 8.26. The second-order valence-electron chi connectivity index (χ2n) is 4.14. The van der Waals surface area contributed by atoms with Crippen LogP contribution < -0.4 is 5.32 Å². The average Bonchev–Trinajstić information content (AvgIpc) is 2.34. The van der Waals surface area contributed by atoms with Gasteiger partial charge >= 0.3 is 0 Å². The van der Waals surface area contributed by atoms with Gasteiger partial charge in [-0.2, -0.15) is 8.75 Å². The Labute approximate surface area is 87.8 Å². The number of rotatable bonds is 2. The summed E-state index contributed by atoms with van der Waals surface area (Å²) in [6.45, 7) is 8.60. The largest absolute Gasteiger partial charge is 0.364 e. The van der Waals surface area contributed by atoms with E-state index in [2.05, 4.69) is 41.8 Å². The number of anilines is 1. The average molecular weight is 220 g/mol. The highest BCUT2D eigenvalue weighted by Gasteiger charge is 2.21. The normalized spacial score (nSPS) is 14.2. The zero-order valence-corrected chi connectivity index (χ0v) is 9.83. The highest BCUT2D eigenvalue weighted by atomic mass is 35.5. The maximum absolute atomic E-state index is 5.81. The number of hydrogen-bond acceptors (Lipinski definition) is 4. The summed E-state index contributed by atoms with van der Waals surface area (Å²) in [6.07, 6.45) is 0. The van der Waals surface area contributed by atoms with Crippen molar-refractivity contribution in [3.63, 3.8) is 0 Å². The van der Waals surface area contributed by atoms with Crippen LogP contribution in [0.4, 0.5) is 5.82 Å². The third kappa shape index (κ3) is 2.81. The molecule has 3 nitrogen and oxygen atoms in total. The van der Waals surface area contributed by atoms with Crippen LogP contribution in [0.25, 0.3) is 0 Å². The van der Waals surface area contributed by atoms with Crippen LogP contribution in [-0.4, -0.2) is 14.8 Å². The van der Waals surface area contributed by atoms with Gasteiger partial charge in [0.2, 0.25) is 0 Å². The zero-order chi connectivity index (χ0) is 10.1. The molecule has 1 aromatic heterocycles. The number of hydrogen-bond donors (Lipinski definition) is 1. The van der Waals surface area contributed by atoms with Crippen molar-refractivity contribution in [1.29, 1.82) is 0 Å². The molecular formula is C8H14ClN3S. The van der Waals surface area contributed by atoms with Crippen molar-refractivity contribution in [2.45, 2.75) is 33.7 Å². The summed E-state index contributed by atoms with van der Waals surface area (Å²) in [4.78, 5) is 0. The summed E-state index contributed by atoms with van der Waals surface area (Å²) in [7, 11) is 0. The van der Waals surface area contributed by atoms with E-state index in [0.29, 0.717) is 17.0 Å². The fourth-order valence-corrected chi connectivity index (χ4v) is 1.34. The van der Waals surface area contributed by atoms with Crippen molar-refractivity contribution in [3.8, 4) is 0 Å². The van der Waals surface area contributed by atoms with Gasteiger partial charge in [-0.25, -0.2) is 0 Å². The van der Waals surface area contributed by atoms with Crippen molar-refractivity contribution >= 4 is 29.1 Å². The third-order valence-corrected chi connectivity index (χ3v) is 2.99. The van der Waals surface area contributed by atoms with Crippen molar-refractivity contribution < 1.29 is 0 Å². The van der Waals surface area contributed by atoms with Gasteiger partial charge in [-0.05, 0) is 12.3 Å². The molecule has 1 N–H and O–H groups in total. The van der Waals surface area contributed by atoms with E-state index in [0.717, 1.165) is 11.7 Å². The number of aromatic nitrogens is 2. The molecule has 1 heterocycles. The van der Waals surface area contributed by atoms with Gasteiger partial charge in [0.15, 0.2) is 11.0 Å². The van der Waals surface area contributed by atoms with E-state index >= 15 is 0 Å². The molecule has 0 aliphatic rings. The Balaban J connectivity index is 2.65. The lowest BCUT2D eigenvalue weighted by Crippen LogP contribution is -2.30. The van der Waals surface area contributed by atoms with E-state index < -0.39 is 0 Å². The van der Waals surface area contributed by atoms with Crippen LogP contribution in [0.3, 0.4) is 0 Å². The highest BCUT2D eigenvalue weighted by Crippen LogP contribution is 2.25. The Morgan fingerprint density at radius 3 is 2.38 bits per heavy atom. The minimum absolute atomic E-state index is 0.187. The Kier molecular flexibility index (Phi) is 3.14. The van der Waals surface area contributed by atoms with E-state index in [1.165, 1.54) is 0 Å². The monoisotopic (exact) mass is 219 g/mol. The lowest BCUT2D eigenvalue weighted by atomic mass is 9.88. The predicted octanol–water partition coefficient (Wildman–Crippen LogP) is 3.04. The Morgan fingerprint density at radius 2 is 2.00 bits per heavy atom. The van der Waals surface area contributed by atoms with Crippen LogP contribution in [0.5, 0.6) is 0 Å². The summed E-state index contributed by atoms with van der Waals surface area (Å²) in [5.74, 6) is 0.689. The molecule has 13 heavy (non-hydrogen) atoms. The molecule has 0 fully saturated rings. The van der Waals surface area contributed by atoms with Crippen molar-refractivity contribution in [3.05, 3.63) is 5.15 Å². The summed E-state index contributed by atoms with van der Waals surface area (Å²) < 4.78 is 7.94. The van der Waals surface area contributed by atoms with Crippen LogP contribution in [0.15, 0.2) is 0 Å². The van der Waals surface area contributed by atoms with Crippen LogP contribution in [-0.2, 0) is 0 Å². The fourth-order valence-electron chi connectivity index (χ4n) is 0.685. The topological polar surface area (TPSA) is 37.8 Å². The fraction of sp³-hybridized carbons (Fsp3) is 0.750. The molecule has 0 saturated carbocycles. The Morgan fingerprint density at radius 1 is 1.38 bits per heavy atom. The molecule has 1 atom stereocenters. The summed E-state index contributed by atoms with van der Waals surface area (Å²) in [6, 6.07) is 0.314. The Bertz CT molecular complexity index is 279. The SMILES string of the molecule is CC(Nc1nsnc1Cl)C(C)(C)C. The smallest absolute Gasteiger partial charge is 0.186 e. The van der Waals surface area contributed by atoms with Crippen LogP contribution in [0, 0.1) is 5.41 Å². The number of nitrogens with one attached hydrogen (secondary N) is 1. The first kappa shape index (κ1) is 10.7. The molecule has 0 spiro atoms. The lowest BCUT2D eigenvalue weighted by Gasteiger charge is -2.27. The quantitative estimate of drug-likeness (QED) is 0.831. The molecule has 5 heteroatoms. The van der Waals surface area contributed by atoms with Gasteiger partial charge in [0.25, 0.3) is 0 Å². The minimum atomic E-state index is 0.187. The van der Waals surface area contributed by atoms with Crippen LogP contribution in [0.2, 0.25) is 5.15 Å². The van der Waals surface area contributed by atoms with E-state index in [1.807, 2.05) is 0 Å². The molecular weight excluding hydrogens is 206 g/mol. The molecule has 0 aliphatic carbocycles. The molecule has 0 aromatic carbocycles. The molecule has 0 radical (unpaired) electrons. The van der Waals surface area contributed by atoms with E-state index in [-0.39, 0.29) is 5.41 Å². The third-order valence-electron chi connectivity index (χ3n) is 2.10. The van der Waals surface area contributed by atoms with E-state index in [4.69, 9.17) is 11.6 Å². The predicted molar refractivity (Wildman–Crippen MR) is 57.5 cm³/mol. The summed E-state index contributed by atoms with van der Waals surface area (Å²) >= 11 is 6.93. The maximum Gasteiger partial charge on any atom is 0.186 e. The van der Waals surface area contributed by atoms with Crippen LogP contribution >= 0.6 is 23.3 Å². The first-order valence-electron chi connectivity index (χ1n) is 4.16. The van der Waals surface area contributed by atoms with Gasteiger partial charge < -0.3 is 5.32 Å². The van der Waals surface area contributed by atoms with Gasteiger partial charge in [0.1, 0.15) is 0 Å².